The van der Waals surface area contributed by atoms with Gasteiger partial charge in [-0.2, -0.15) is 0 Å². The minimum Gasteiger partial charge on any atom is -0.322 e. The lowest BCUT2D eigenvalue weighted by atomic mass is 10.3. The lowest BCUT2D eigenvalue weighted by molar-refractivity contribution is 0.266. The first-order valence-corrected chi connectivity index (χ1v) is 5.40. The van der Waals surface area contributed by atoms with Crippen molar-refractivity contribution in [2.75, 3.05) is 6.26 Å². The summed E-state index contributed by atoms with van der Waals surface area (Å²) in [4.78, 5) is 1.40. The molecule has 0 aliphatic heterocycles. The molecule has 1 rings (SSSR count). The Bertz CT molecular complexity index is 344. The Morgan fingerprint density at radius 1 is 1.29 bits per heavy atom. The average Bonchev–Trinajstić information content (AvgIpc) is 2.52. The molecule has 0 spiro atoms. The number of allylic oxidation sites excluding steroid dienone is 2. The van der Waals surface area contributed by atoms with Crippen LogP contribution in [0.25, 0.3) is 12.2 Å². The summed E-state index contributed by atoms with van der Waals surface area (Å²) in [5, 5.41) is 7.84. The van der Waals surface area contributed by atoms with Crippen LogP contribution in [0.4, 0.5) is 0 Å². The largest absolute Gasteiger partial charge is 0.322 e. The van der Waals surface area contributed by atoms with Crippen LogP contribution in [0.2, 0.25) is 0 Å². The monoisotopic (exact) mass is 211 g/mol. The van der Waals surface area contributed by atoms with Gasteiger partial charge in [-0.1, -0.05) is 17.0 Å². The van der Waals surface area contributed by atoms with E-state index in [2.05, 4.69) is 10.3 Å². The molecule has 0 amide bonds. The molecule has 0 saturated carbocycles. The molecule has 0 aliphatic carbocycles. The number of rotatable bonds is 4. The number of hydrogen-bond acceptors (Lipinski definition) is 4. The first-order valence-electron chi connectivity index (χ1n) is 4.25. The molecular formula is C9H13N3OS. The summed E-state index contributed by atoms with van der Waals surface area (Å²) in [6.07, 6.45) is 9.47. The summed E-state index contributed by atoms with van der Waals surface area (Å²) < 4.78 is 5.19. The number of aromatic nitrogens is 3. The number of nitrogens with zero attached hydrogens (tertiary/aromatic N) is 3. The molecule has 0 bridgehead atoms. The molecule has 1 aromatic rings. The second-order valence-corrected chi connectivity index (χ2v) is 2.96. The van der Waals surface area contributed by atoms with Crippen molar-refractivity contribution in [2.24, 2.45) is 0 Å². The molecule has 4 nitrogen and oxygen atoms in total. The zero-order valence-corrected chi connectivity index (χ0v) is 9.28. The van der Waals surface area contributed by atoms with Crippen molar-refractivity contribution in [3.05, 3.63) is 23.5 Å². The van der Waals surface area contributed by atoms with Gasteiger partial charge in [-0.05, 0) is 31.2 Å². The van der Waals surface area contributed by atoms with Crippen LogP contribution in [0.5, 0.6) is 0 Å². The van der Waals surface area contributed by atoms with Gasteiger partial charge in [0, 0.05) is 6.26 Å². The highest BCUT2D eigenvalue weighted by Gasteiger charge is 2.07. The van der Waals surface area contributed by atoms with Gasteiger partial charge in [0.15, 0.2) is 0 Å². The average molecular weight is 211 g/mol. The van der Waals surface area contributed by atoms with E-state index in [4.69, 9.17) is 4.28 Å². The van der Waals surface area contributed by atoms with Crippen LogP contribution in [0.3, 0.4) is 0 Å². The second kappa shape index (κ2) is 5.49. The van der Waals surface area contributed by atoms with Crippen molar-refractivity contribution in [2.45, 2.75) is 13.8 Å². The van der Waals surface area contributed by atoms with E-state index in [-0.39, 0.29) is 0 Å². The molecule has 0 unspecified atom stereocenters. The van der Waals surface area contributed by atoms with Crippen LogP contribution in [0, 0.1) is 0 Å². The molecule has 0 saturated heterocycles. The lowest BCUT2D eigenvalue weighted by Crippen LogP contribution is -2.07. The topological polar surface area (TPSA) is 39.9 Å². The van der Waals surface area contributed by atoms with Gasteiger partial charge in [-0.3, -0.25) is 0 Å². The predicted octanol–water partition coefficient (Wildman–Crippen LogP) is 2.05. The molecule has 0 radical (unpaired) electrons. The van der Waals surface area contributed by atoms with Crippen LogP contribution >= 0.6 is 12.0 Å². The van der Waals surface area contributed by atoms with Crippen molar-refractivity contribution >= 4 is 24.2 Å². The molecule has 0 N–H and O–H groups in total. The molecule has 0 fully saturated rings. The molecular weight excluding hydrogens is 198 g/mol. The molecule has 0 aliphatic rings. The Balaban J connectivity index is 3.06. The molecule has 1 aromatic heterocycles. The van der Waals surface area contributed by atoms with E-state index >= 15 is 0 Å². The summed E-state index contributed by atoms with van der Waals surface area (Å²) >= 11 is 1.23. The normalized spacial score (nSPS) is 11.6. The third-order valence-electron chi connectivity index (χ3n) is 1.50. The van der Waals surface area contributed by atoms with Crippen LogP contribution in [0.1, 0.15) is 25.2 Å². The fourth-order valence-corrected chi connectivity index (χ4v) is 1.25. The Labute approximate surface area is 87.8 Å². The SMILES string of the molecule is C/C=C\c1nnn(OSC)c1/C=C\C. The van der Waals surface area contributed by atoms with E-state index < -0.39 is 0 Å². The van der Waals surface area contributed by atoms with E-state index in [0.717, 1.165) is 11.4 Å². The van der Waals surface area contributed by atoms with Gasteiger partial charge in [-0.25, -0.2) is 0 Å². The highest BCUT2D eigenvalue weighted by molar-refractivity contribution is 7.94. The van der Waals surface area contributed by atoms with E-state index in [1.807, 2.05) is 44.4 Å². The highest BCUT2D eigenvalue weighted by atomic mass is 32.2. The minimum absolute atomic E-state index is 0.805. The maximum atomic E-state index is 5.19. The van der Waals surface area contributed by atoms with Crippen molar-refractivity contribution in [1.29, 1.82) is 0 Å². The van der Waals surface area contributed by atoms with Gasteiger partial charge in [0.05, 0.1) is 12.0 Å². The Morgan fingerprint density at radius 2 is 2.00 bits per heavy atom. The van der Waals surface area contributed by atoms with Crippen molar-refractivity contribution in [3.8, 4) is 0 Å². The highest BCUT2D eigenvalue weighted by Crippen LogP contribution is 2.10. The Morgan fingerprint density at radius 3 is 2.57 bits per heavy atom. The molecule has 5 heteroatoms. The maximum Gasteiger partial charge on any atom is 0.131 e. The van der Waals surface area contributed by atoms with Crippen molar-refractivity contribution in [1.82, 2.24) is 15.2 Å². The zero-order chi connectivity index (χ0) is 10.4. The fraction of sp³-hybridized carbons (Fsp3) is 0.333. The Kier molecular flexibility index (Phi) is 4.25. The summed E-state index contributed by atoms with van der Waals surface area (Å²) in [6, 6.07) is 0. The van der Waals surface area contributed by atoms with E-state index in [1.165, 1.54) is 16.9 Å². The minimum atomic E-state index is 0.805. The number of hydrogen-bond donors (Lipinski definition) is 0. The molecule has 0 aromatic carbocycles. The molecule has 0 atom stereocenters. The molecule has 14 heavy (non-hydrogen) atoms. The smallest absolute Gasteiger partial charge is 0.131 e. The summed E-state index contributed by atoms with van der Waals surface area (Å²) in [7, 11) is 0. The van der Waals surface area contributed by atoms with Crippen molar-refractivity contribution in [3.63, 3.8) is 0 Å². The van der Waals surface area contributed by atoms with Gasteiger partial charge in [-0.15, -0.1) is 5.10 Å². The summed E-state index contributed by atoms with van der Waals surface area (Å²) in [5.74, 6) is 0. The van der Waals surface area contributed by atoms with Gasteiger partial charge >= 0.3 is 0 Å². The van der Waals surface area contributed by atoms with Crippen LogP contribution in [-0.2, 0) is 0 Å². The fourth-order valence-electron chi connectivity index (χ4n) is 0.995. The second-order valence-electron chi connectivity index (χ2n) is 2.47. The standard InChI is InChI=1S/C9H13N3OS/c1-4-6-8-9(7-5-2)12(11-10-8)13-14-3/h4-7H,1-3H3/b6-4-,7-5-. The van der Waals surface area contributed by atoms with Gasteiger partial charge < -0.3 is 4.28 Å². The van der Waals surface area contributed by atoms with Gasteiger partial charge in [0.1, 0.15) is 11.4 Å². The van der Waals surface area contributed by atoms with Crippen LogP contribution in [0.15, 0.2) is 12.2 Å². The molecule has 76 valence electrons. The quantitative estimate of drug-likeness (QED) is 0.715. The van der Waals surface area contributed by atoms with E-state index in [1.54, 1.807) is 0 Å². The molecule has 1 heterocycles. The van der Waals surface area contributed by atoms with Crippen LogP contribution < -0.4 is 4.28 Å². The summed E-state index contributed by atoms with van der Waals surface area (Å²) in [5.41, 5.74) is 1.65. The first kappa shape index (κ1) is 10.8. The predicted molar refractivity (Wildman–Crippen MR) is 59.5 cm³/mol. The van der Waals surface area contributed by atoms with Gasteiger partial charge in [0.25, 0.3) is 0 Å². The van der Waals surface area contributed by atoms with Crippen molar-refractivity contribution < 1.29 is 4.28 Å². The third-order valence-corrected chi connectivity index (χ3v) is 1.79. The van der Waals surface area contributed by atoms with Gasteiger partial charge in [0.2, 0.25) is 0 Å². The van der Waals surface area contributed by atoms with Crippen LogP contribution in [-0.4, -0.2) is 21.4 Å². The Hall–Kier alpha value is -1.23. The van der Waals surface area contributed by atoms with E-state index in [0.29, 0.717) is 0 Å². The third kappa shape index (κ3) is 2.38. The lowest BCUT2D eigenvalue weighted by Gasteiger charge is -1.99. The van der Waals surface area contributed by atoms with E-state index in [9.17, 15) is 0 Å². The summed E-state index contributed by atoms with van der Waals surface area (Å²) in [6.45, 7) is 3.88. The first-order chi connectivity index (χ1) is 6.83. The maximum absolute atomic E-state index is 5.19. The zero-order valence-electron chi connectivity index (χ0n) is 8.47.